The molecule has 0 bridgehead atoms. The van der Waals surface area contributed by atoms with Gasteiger partial charge in [0.2, 0.25) is 0 Å². The average molecular weight is 161 g/mol. The normalized spacial score (nSPS) is 21.2. The maximum absolute atomic E-state index is 3.43. The van der Waals surface area contributed by atoms with E-state index in [0.29, 0.717) is 0 Å². The van der Waals surface area contributed by atoms with Crippen molar-refractivity contribution in [1.82, 2.24) is 0 Å². The molecule has 0 radical (unpaired) electrons. The highest BCUT2D eigenvalue weighted by atomic mass is 14.9. The Morgan fingerprint density at radius 3 is 3.08 bits per heavy atom. The second kappa shape index (κ2) is 3.18. The highest BCUT2D eigenvalue weighted by Gasteiger charge is 2.16. The number of hydrogen-bond donors (Lipinski definition) is 1. The van der Waals surface area contributed by atoms with E-state index in [4.69, 9.17) is 0 Å². The smallest absolute Gasteiger partial charge is 0.0375 e. The summed E-state index contributed by atoms with van der Waals surface area (Å²) in [7, 11) is 0. The van der Waals surface area contributed by atoms with Crippen LogP contribution in [0.1, 0.15) is 31.2 Å². The van der Waals surface area contributed by atoms with Gasteiger partial charge in [-0.2, -0.15) is 0 Å². The van der Waals surface area contributed by atoms with Gasteiger partial charge < -0.3 is 5.32 Å². The third-order valence-corrected chi connectivity index (χ3v) is 2.70. The van der Waals surface area contributed by atoms with Crippen LogP contribution in [0.2, 0.25) is 0 Å². The number of hydrogen-bond acceptors (Lipinski definition) is 1. The van der Waals surface area contributed by atoms with Gasteiger partial charge in [0.05, 0.1) is 0 Å². The lowest BCUT2D eigenvalue weighted by atomic mass is 9.89. The van der Waals surface area contributed by atoms with Crippen molar-refractivity contribution in [1.29, 1.82) is 0 Å². The van der Waals surface area contributed by atoms with E-state index >= 15 is 0 Å². The molecule has 0 saturated carbocycles. The summed E-state index contributed by atoms with van der Waals surface area (Å²) in [5, 5.41) is 3.43. The van der Waals surface area contributed by atoms with Crippen LogP contribution >= 0.6 is 0 Å². The summed E-state index contributed by atoms with van der Waals surface area (Å²) < 4.78 is 0. The Morgan fingerprint density at radius 1 is 1.42 bits per heavy atom. The molecule has 0 amide bonds. The van der Waals surface area contributed by atoms with E-state index < -0.39 is 0 Å². The maximum atomic E-state index is 3.43. The zero-order valence-corrected chi connectivity index (χ0v) is 7.51. The van der Waals surface area contributed by atoms with Gasteiger partial charge in [0.25, 0.3) is 0 Å². The van der Waals surface area contributed by atoms with Crippen LogP contribution < -0.4 is 5.32 Å². The molecule has 0 saturated heterocycles. The van der Waals surface area contributed by atoms with Gasteiger partial charge in [0.15, 0.2) is 0 Å². The summed E-state index contributed by atoms with van der Waals surface area (Å²) in [6.07, 6.45) is 2.55. The van der Waals surface area contributed by atoms with Crippen molar-refractivity contribution in [2.45, 2.75) is 25.7 Å². The fraction of sp³-hybridized carbons (Fsp3) is 0.455. The second-order valence-electron chi connectivity index (χ2n) is 3.41. The zero-order valence-electron chi connectivity index (χ0n) is 7.51. The lowest BCUT2D eigenvalue weighted by Crippen LogP contribution is -2.15. The first-order valence-electron chi connectivity index (χ1n) is 4.74. The van der Waals surface area contributed by atoms with Gasteiger partial charge in [-0.05, 0) is 30.4 Å². The third-order valence-electron chi connectivity index (χ3n) is 2.70. The van der Waals surface area contributed by atoms with Gasteiger partial charge in [-0.15, -0.1) is 0 Å². The molecule has 1 aliphatic heterocycles. The van der Waals surface area contributed by atoms with Crippen LogP contribution in [0.4, 0.5) is 5.69 Å². The van der Waals surface area contributed by atoms with Crippen LogP contribution in [-0.4, -0.2) is 6.54 Å². The quantitative estimate of drug-likeness (QED) is 0.667. The Bertz CT molecular complexity index is 267. The Balaban J connectivity index is 2.37. The van der Waals surface area contributed by atoms with E-state index in [-0.39, 0.29) is 0 Å². The molecule has 1 nitrogen and oxygen atoms in total. The number of nitrogens with one attached hydrogen (secondary N) is 1. The van der Waals surface area contributed by atoms with E-state index in [1.807, 2.05) is 0 Å². The van der Waals surface area contributed by atoms with Gasteiger partial charge >= 0.3 is 0 Å². The van der Waals surface area contributed by atoms with Crippen LogP contribution in [0.3, 0.4) is 0 Å². The molecule has 12 heavy (non-hydrogen) atoms. The van der Waals surface area contributed by atoms with Crippen molar-refractivity contribution in [2.24, 2.45) is 0 Å². The molecule has 0 unspecified atom stereocenters. The average Bonchev–Trinajstić information content (AvgIpc) is 2.17. The lowest BCUT2D eigenvalue weighted by Gasteiger charge is -2.25. The molecule has 1 aromatic carbocycles. The minimum atomic E-state index is 0.780. The highest BCUT2D eigenvalue weighted by molar-refractivity contribution is 5.54. The summed E-state index contributed by atoms with van der Waals surface area (Å²) in [5.74, 6) is 0.780. The first-order valence-corrected chi connectivity index (χ1v) is 4.74. The number of benzene rings is 1. The predicted molar refractivity (Wildman–Crippen MR) is 52.6 cm³/mol. The van der Waals surface area contributed by atoms with Crippen molar-refractivity contribution >= 4 is 5.69 Å². The topological polar surface area (TPSA) is 12.0 Å². The Morgan fingerprint density at radius 2 is 2.25 bits per heavy atom. The lowest BCUT2D eigenvalue weighted by molar-refractivity contribution is 0.608. The van der Waals surface area contributed by atoms with E-state index in [9.17, 15) is 0 Å². The standard InChI is InChI=1S/C11H15N/c1-2-9-7-8-12-11-6-4-3-5-10(9)11/h3-6,9,12H,2,7-8H2,1H3/t9-/m0/s1. The van der Waals surface area contributed by atoms with Gasteiger partial charge in [-0.25, -0.2) is 0 Å². The molecule has 1 atom stereocenters. The van der Waals surface area contributed by atoms with Gasteiger partial charge in [0.1, 0.15) is 0 Å². The summed E-state index contributed by atoms with van der Waals surface area (Å²) >= 11 is 0. The van der Waals surface area contributed by atoms with Crippen molar-refractivity contribution in [3.05, 3.63) is 29.8 Å². The highest BCUT2D eigenvalue weighted by Crippen LogP contribution is 2.32. The molecule has 0 spiro atoms. The van der Waals surface area contributed by atoms with E-state index in [1.165, 1.54) is 24.1 Å². The van der Waals surface area contributed by atoms with Crippen molar-refractivity contribution in [3.8, 4) is 0 Å². The van der Waals surface area contributed by atoms with Crippen LogP contribution in [-0.2, 0) is 0 Å². The van der Waals surface area contributed by atoms with Crippen LogP contribution in [0.15, 0.2) is 24.3 Å². The summed E-state index contributed by atoms with van der Waals surface area (Å²) in [5.41, 5.74) is 2.85. The molecule has 64 valence electrons. The SMILES string of the molecule is CC[C@H]1CCNc2ccccc21. The van der Waals surface area contributed by atoms with E-state index in [1.54, 1.807) is 0 Å². The summed E-state index contributed by atoms with van der Waals surface area (Å²) in [4.78, 5) is 0. The fourth-order valence-corrected chi connectivity index (χ4v) is 1.97. The first kappa shape index (κ1) is 7.66. The molecule has 1 heteroatoms. The number of anilines is 1. The van der Waals surface area contributed by atoms with E-state index in [2.05, 4.69) is 36.5 Å². The van der Waals surface area contributed by atoms with Crippen molar-refractivity contribution in [2.75, 3.05) is 11.9 Å². The third kappa shape index (κ3) is 1.20. The molecule has 1 N–H and O–H groups in total. The summed E-state index contributed by atoms with van der Waals surface area (Å²) in [6.45, 7) is 3.41. The number of fused-ring (bicyclic) bond motifs is 1. The van der Waals surface area contributed by atoms with Gasteiger partial charge in [-0.3, -0.25) is 0 Å². The first-order chi connectivity index (χ1) is 5.92. The fourth-order valence-electron chi connectivity index (χ4n) is 1.97. The molecule has 0 aromatic heterocycles. The van der Waals surface area contributed by atoms with Crippen molar-refractivity contribution in [3.63, 3.8) is 0 Å². The molecule has 0 fully saturated rings. The van der Waals surface area contributed by atoms with Crippen LogP contribution in [0.5, 0.6) is 0 Å². The largest absolute Gasteiger partial charge is 0.385 e. The number of rotatable bonds is 1. The monoisotopic (exact) mass is 161 g/mol. The second-order valence-corrected chi connectivity index (χ2v) is 3.41. The van der Waals surface area contributed by atoms with Gasteiger partial charge in [-0.1, -0.05) is 25.1 Å². The van der Waals surface area contributed by atoms with Crippen molar-refractivity contribution < 1.29 is 0 Å². The predicted octanol–water partition coefficient (Wildman–Crippen LogP) is 3.00. The maximum Gasteiger partial charge on any atom is 0.0375 e. The molecule has 1 heterocycles. The molecule has 1 aliphatic rings. The molecule has 2 rings (SSSR count). The van der Waals surface area contributed by atoms with E-state index in [0.717, 1.165) is 12.5 Å². The molecule has 1 aromatic rings. The summed E-state index contributed by atoms with van der Waals surface area (Å²) in [6, 6.07) is 8.66. The Kier molecular flexibility index (Phi) is 2.03. The number of para-hydroxylation sites is 1. The molecular formula is C11H15N. The Hall–Kier alpha value is -0.980. The molecule has 0 aliphatic carbocycles. The van der Waals surface area contributed by atoms with Crippen LogP contribution in [0.25, 0.3) is 0 Å². The van der Waals surface area contributed by atoms with Crippen LogP contribution in [0, 0.1) is 0 Å². The minimum Gasteiger partial charge on any atom is -0.385 e. The zero-order chi connectivity index (χ0) is 8.39. The van der Waals surface area contributed by atoms with Gasteiger partial charge in [0, 0.05) is 12.2 Å². The molecular weight excluding hydrogens is 146 g/mol. The Labute approximate surface area is 73.8 Å². The minimum absolute atomic E-state index is 0.780.